The molecule has 0 aliphatic carbocycles. The first-order valence-electron chi connectivity index (χ1n) is 5.09. The highest BCUT2D eigenvalue weighted by Gasteiger charge is 2.05. The van der Waals surface area contributed by atoms with Crippen molar-refractivity contribution in [1.29, 1.82) is 0 Å². The first kappa shape index (κ1) is 12.4. The summed E-state index contributed by atoms with van der Waals surface area (Å²) in [7, 11) is 1.59. The summed E-state index contributed by atoms with van der Waals surface area (Å²) in [6, 6.07) is 5.68. The molecule has 3 nitrogen and oxygen atoms in total. The van der Waals surface area contributed by atoms with Crippen LogP contribution in [0.4, 0.5) is 0 Å². The molecule has 0 atom stereocenters. The Morgan fingerprint density at radius 2 is 2.29 bits per heavy atom. The summed E-state index contributed by atoms with van der Waals surface area (Å²) in [5, 5.41) is 12.4. The number of aliphatic hydroxyl groups excluding tert-OH is 1. The molecule has 2 aromatic rings. The van der Waals surface area contributed by atoms with Gasteiger partial charge < -0.3 is 9.84 Å². The lowest BCUT2D eigenvalue weighted by atomic mass is 10.1. The Balaban J connectivity index is 2.15. The Hall–Kier alpha value is -1.10. The Morgan fingerprint density at radius 1 is 1.47 bits per heavy atom. The lowest BCUT2D eigenvalue weighted by Gasteiger charge is -2.04. The molecule has 0 aliphatic heterocycles. The molecule has 0 amide bonds. The van der Waals surface area contributed by atoms with Gasteiger partial charge in [0, 0.05) is 11.8 Å². The van der Waals surface area contributed by atoms with Gasteiger partial charge >= 0.3 is 0 Å². The Labute approximate surface area is 109 Å². The van der Waals surface area contributed by atoms with Crippen LogP contribution < -0.4 is 4.74 Å². The van der Waals surface area contributed by atoms with E-state index in [2.05, 4.69) is 4.98 Å². The molecule has 0 bridgehead atoms. The molecule has 0 saturated heterocycles. The van der Waals surface area contributed by atoms with Crippen LogP contribution in [0, 0.1) is 0 Å². The van der Waals surface area contributed by atoms with E-state index < -0.39 is 0 Å². The number of halogens is 1. The predicted octanol–water partition coefficient (Wildman–Crippen LogP) is 2.89. The lowest BCUT2D eigenvalue weighted by Crippen LogP contribution is -1.91. The largest absolute Gasteiger partial charge is 0.495 e. The highest BCUT2D eigenvalue weighted by atomic mass is 35.5. The first-order valence-corrected chi connectivity index (χ1v) is 6.35. The molecule has 0 radical (unpaired) electrons. The summed E-state index contributed by atoms with van der Waals surface area (Å²) in [5.41, 5.74) is 1.79. The van der Waals surface area contributed by atoms with Gasteiger partial charge in [-0.05, 0) is 17.7 Å². The van der Waals surface area contributed by atoms with Crippen LogP contribution in [-0.2, 0) is 13.0 Å². The number of rotatable bonds is 4. The molecule has 1 heterocycles. The molecule has 0 aliphatic rings. The van der Waals surface area contributed by atoms with Gasteiger partial charge in [-0.2, -0.15) is 0 Å². The molecule has 0 unspecified atom stereocenters. The van der Waals surface area contributed by atoms with Crippen LogP contribution >= 0.6 is 22.9 Å². The molecular weight excluding hydrogens is 258 g/mol. The summed E-state index contributed by atoms with van der Waals surface area (Å²) in [6.07, 6.45) is 0.717. The zero-order chi connectivity index (χ0) is 12.3. The smallest absolute Gasteiger partial charge is 0.137 e. The van der Waals surface area contributed by atoms with Crippen LogP contribution in [0.1, 0.15) is 16.3 Å². The topological polar surface area (TPSA) is 42.4 Å². The molecule has 0 spiro atoms. The lowest BCUT2D eigenvalue weighted by molar-refractivity contribution is 0.277. The van der Waals surface area contributed by atoms with Crippen molar-refractivity contribution in [3.63, 3.8) is 0 Å². The Kier molecular flexibility index (Phi) is 3.99. The fourth-order valence-electron chi connectivity index (χ4n) is 1.50. The fraction of sp³-hybridized carbons (Fsp3) is 0.250. The first-order chi connectivity index (χ1) is 8.22. The molecule has 0 fully saturated rings. The number of hydrogen-bond acceptors (Lipinski definition) is 4. The number of aliphatic hydroxyl groups is 1. The highest BCUT2D eigenvalue weighted by molar-refractivity contribution is 7.09. The van der Waals surface area contributed by atoms with E-state index in [0.717, 1.165) is 10.6 Å². The van der Waals surface area contributed by atoms with Crippen LogP contribution in [0.15, 0.2) is 23.6 Å². The van der Waals surface area contributed by atoms with E-state index >= 15 is 0 Å². The summed E-state index contributed by atoms with van der Waals surface area (Å²) >= 11 is 7.59. The quantitative estimate of drug-likeness (QED) is 0.928. The molecule has 1 aromatic carbocycles. The fourth-order valence-corrected chi connectivity index (χ4v) is 2.60. The van der Waals surface area contributed by atoms with Crippen molar-refractivity contribution in [2.75, 3.05) is 7.11 Å². The minimum Gasteiger partial charge on any atom is -0.495 e. The summed E-state index contributed by atoms with van der Waals surface area (Å²) in [4.78, 5) is 4.29. The number of ether oxygens (including phenoxy) is 1. The monoisotopic (exact) mass is 269 g/mol. The van der Waals surface area contributed by atoms with E-state index in [1.54, 1.807) is 7.11 Å². The molecule has 90 valence electrons. The number of aromatic nitrogens is 1. The summed E-state index contributed by atoms with van der Waals surface area (Å²) in [6.45, 7) is -0.0140. The number of methoxy groups -OCH3 is 1. The van der Waals surface area contributed by atoms with Gasteiger partial charge in [-0.1, -0.05) is 17.7 Å². The van der Waals surface area contributed by atoms with Gasteiger partial charge in [-0.15, -0.1) is 11.3 Å². The molecular formula is C12H12ClNO2S. The van der Waals surface area contributed by atoms with E-state index in [-0.39, 0.29) is 6.61 Å². The van der Waals surface area contributed by atoms with E-state index in [1.807, 2.05) is 23.6 Å². The van der Waals surface area contributed by atoms with E-state index in [4.69, 9.17) is 21.4 Å². The van der Waals surface area contributed by atoms with Crippen LogP contribution in [0.2, 0.25) is 5.02 Å². The Bertz CT molecular complexity index is 513. The molecule has 17 heavy (non-hydrogen) atoms. The number of hydrogen-bond donors (Lipinski definition) is 1. The van der Waals surface area contributed by atoms with Crippen molar-refractivity contribution in [3.05, 3.63) is 44.9 Å². The highest BCUT2D eigenvalue weighted by Crippen LogP contribution is 2.26. The van der Waals surface area contributed by atoms with Gasteiger partial charge in [0.1, 0.15) is 5.75 Å². The molecule has 5 heteroatoms. The van der Waals surface area contributed by atoms with Crippen molar-refractivity contribution < 1.29 is 9.84 Å². The second-order valence-corrected chi connectivity index (χ2v) is 4.89. The number of thiazole rings is 1. The second kappa shape index (κ2) is 5.49. The maximum atomic E-state index is 8.94. The minimum atomic E-state index is -0.0140. The van der Waals surface area contributed by atoms with Crippen molar-refractivity contribution in [2.45, 2.75) is 13.0 Å². The average molecular weight is 270 g/mol. The summed E-state index contributed by atoms with van der Waals surface area (Å²) in [5.74, 6) is 0.672. The molecule has 0 saturated carbocycles. The van der Waals surface area contributed by atoms with Crippen LogP contribution in [0.5, 0.6) is 5.75 Å². The standard InChI is InChI=1S/C12H12ClNO2S/c1-16-11-3-2-8(4-10(11)13)5-12-14-9(6-15)7-17-12/h2-4,7,15H,5-6H2,1H3. The van der Waals surface area contributed by atoms with Crippen molar-refractivity contribution in [3.8, 4) is 5.75 Å². The number of benzene rings is 1. The van der Waals surface area contributed by atoms with Gasteiger partial charge in [0.15, 0.2) is 0 Å². The van der Waals surface area contributed by atoms with Crippen molar-refractivity contribution in [1.82, 2.24) is 4.98 Å². The average Bonchev–Trinajstić information content (AvgIpc) is 2.77. The molecule has 1 N–H and O–H groups in total. The zero-order valence-corrected chi connectivity index (χ0v) is 10.9. The molecule has 1 aromatic heterocycles. The minimum absolute atomic E-state index is 0.0140. The van der Waals surface area contributed by atoms with Crippen LogP contribution in [0.25, 0.3) is 0 Å². The van der Waals surface area contributed by atoms with Crippen LogP contribution in [-0.4, -0.2) is 17.2 Å². The maximum absolute atomic E-state index is 8.94. The second-order valence-electron chi connectivity index (χ2n) is 3.54. The van der Waals surface area contributed by atoms with Gasteiger partial charge in [0.25, 0.3) is 0 Å². The van der Waals surface area contributed by atoms with Crippen molar-refractivity contribution >= 4 is 22.9 Å². The molecule has 2 rings (SSSR count). The zero-order valence-electron chi connectivity index (χ0n) is 9.31. The third-order valence-electron chi connectivity index (χ3n) is 2.33. The van der Waals surface area contributed by atoms with Crippen LogP contribution in [0.3, 0.4) is 0 Å². The third-order valence-corrected chi connectivity index (χ3v) is 3.53. The maximum Gasteiger partial charge on any atom is 0.137 e. The van der Waals surface area contributed by atoms with Gasteiger partial charge in [-0.25, -0.2) is 4.98 Å². The third kappa shape index (κ3) is 2.97. The summed E-state index contributed by atoms with van der Waals surface area (Å²) < 4.78 is 5.09. The van der Waals surface area contributed by atoms with E-state index in [0.29, 0.717) is 22.9 Å². The van der Waals surface area contributed by atoms with Gasteiger partial charge in [0.05, 0.1) is 29.4 Å². The van der Waals surface area contributed by atoms with Gasteiger partial charge in [-0.3, -0.25) is 0 Å². The Morgan fingerprint density at radius 3 is 2.88 bits per heavy atom. The number of nitrogens with zero attached hydrogens (tertiary/aromatic N) is 1. The van der Waals surface area contributed by atoms with Crippen molar-refractivity contribution in [2.24, 2.45) is 0 Å². The normalized spacial score (nSPS) is 10.5. The van der Waals surface area contributed by atoms with E-state index in [1.165, 1.54) is 11.3 Å². The predicted molar refractivity (Wildman–Crippen MR) is 68.8 cm³/mol. The van der Waals surface area contributed by atoms with Gasteiger partial charge in [0.2, 0.25) is 0 Å². The van der Waals surface area contributed by atoms with E-state index in [9.17, 15) is 0 Å². The SMILES string of the molecule is COc1ccc(Cc2nc(CO)cs2)cc1Cl.